The third kappa shape index (κ3) is 4.52. The molecule has 27 heavy (non-hydrogen) atoms. The Balaban J connectivity index is 1.87. The third-order valence-electron chi connectivity index (χ3n) is 5.51. The molecule has 1 aromatic carbocycles. The van der Waals surface area contributed by atoms with E-state index in [2.05, 4.69) is 22.6 Å². The standard InChI is InChI=1S/C21H27IN2O3/c1-2-7-19(25)23(16-8-5-3-4-6-9-16)18-14-20(26)24(21(18)27)17-12-10-15(22)11-13-17/h10-13,16,18H,2-9,14H2,1H3. The van der Waals surface area contributed by atoms with Gasteiger partial charge in [-0.3, -0.25) is 14.4 Å². The zero-order chi connectivity index (χ0) is 19.4. The highest BCUT2D eigenvalue weighted by Crippen LogP contribution is 2.31. The molecule has 2 fully saturated rings. The number of nitrogens with zero attached hydrogens (tertiary/aromatic N) is 2. The van der Waals surface area contributed by atoms with E-state index in [1.54, 1.807) is 17.0 Å². The molecule has 1 aromatic rings. The van der Waals surface area contributed by atoms with E-state index in [0.717, 1.165) is 35.7 Å². The van der Waals surface area contributed by atoms with Gasteiger partial charge in [0.1, 0.15) is 6.04 Å². The molecule has 5 nitrogen and oxygen atoms in total. The maximum Gasteiger partial charge on any atom is 0.257 e. The Morgan fingerprint density at radius 3 is 2.33 bits per heavy atom. The van der Waals surface area contributed by atoms with E-state index in [-0.39, 0.29) is 30.2 Å². The predicted octanol–water partition coefficient (Wildman–Crippen LogP) is 4.27. The molecule has 0 bridgehead atoms. The van der Waals surface area contributed by atoms with E-state index in [1.165, 1.54) is 17.7 Å². The summed E-state index contributed by atoms with van der Waals surface area (Å²) in [6.45, 7) is 1.97. The number of hydrogen-bond acceptors (Lipinski definition) is 3. The van der Waals surface area contributed by atoms with Gasteiger partial charge in [-0.2, -0.15) is 0 Å². The van der Waals surface area contributed by atoms with E-state index >= 15 is 0 Å². The molecule has 1 saturated heterocycles. The average Bonchev–Trinajstić information content (AvgIpc) is 2.82. The molecule has 1 atom stereocenters. The van der Waals surface area contributed by atoms with Crippen molar-refractivity contribution in [1.82, 2.24) is 4.90 Å². The van der Waals surface area contributed by atoms with Crippen LogP contribution in [-0.2, 0) is 14.4 Å². The van der Waals surface area contributed by atoms with Gasteiger partial charge in [-0.25, -0.2) is 4.90 Å². The molecule has 6 heteroatoms. The molecule has 2 aliphatic rings. The summed E-state index contributed by atoms with van der Waals surface area (Å²) in [5, 5.41) is 0. The highest BCUT2D eigenvalue weighted by atomic mass is 127. The Morgan fingerprint density at radius 2 is 1.74 bits per heavy atom. The highest BCUT2D eigenvalue weighted by molar-refractivity contribution is 14.1. The number of hydrogen-bond donors (Lipinski definition) is 0. The molecule has 3 amide bonds. The van der Waals surface area contributed by atoms with Crippen molar-refractivity contribution in [2.45, 2.75) is 76.8 Å². The second-order valence-electron chi connectivity index (χ2n) is 7.46. The van der Waals surface area contributed by atoms with Crippen LogP contribution in [0.2, 0.25) is 0 Å². The first-order valence-electron chi connectivity index (χ1n) is 9.96. The quantitative estimate of drug-likeness (QED) is 0.358. The van der Waals surface area contributed by atoms with Crippen LogP contribution in [0.4, 0.5) is 5.69 Å². The first-order chi connectivity index (χ1) is 13.0. The number of amides is 3. The lowest BCUT2D eigenvalue weighted by molar-refractivity contribution is -0.141. The lowest BCUT2D eigenvalue weighted by atomic mass is 10.0. The van der Waals surface area contributed by atoms with Gasteiger partial charge < -0.3 is 4.90 Å². The van der Waals surface area contributed by atoms with E-state index < -0.39 is 6.04 Å². The fourth-order valence-electron chi connectivity index (χ4n) is 4.21. The fraction of sp³-hybridized carbons (Fsp3) is 0.571. The maximum atomic E-state index is 13.2. The highest BCUT2D eigenvalue weighted by Gasteiger charge is 2.46. The summed E-state index contributed by atoms with van der Waals surface area (Å²) in [5.41, 5.74) is 0.594. The smallest absolute Gasteiger partial charge is 0.257 e. The molecule has 1 heterocycles. The van der Waals surface area contributed by atoms with Gasteiger partial charge in [-0.1, -0.05) is 32.6 Å². The minimum Gasteiger partial charge on any atom is -0.327 e. The van der Waals surface area contributed by atoms with Crippen molar-refractivity contribution in [1.29, 1.82) is 0 Å². The van der Waals surface area contributed by atoms with Crippen LogP contribution in [0.3, 0.4) is 0 Å². The Labute approximate surface area is 174 Å². The van der Waals surface area contributed by atoms with Crippen molar-refractivity contribution < 1.29 is 14.4 Å². The molecule has 1 unspecified atom stereocenters. The summed E-state index contributed by atoms with van der Waals surface area (Å²) >= 11 is 2.19. The van der Waals surface area contributed by atoms with Crippen LogP contribution in [0, 0.1) is 3.57 Å². The topological polar surface area (TPSA) is 57.7 Å². The zero-order valence-electron chi connectivity index (χ0n) is 15.8. The molecule has 1 saturated carbocycles. The molecule has 0 radical (unpaired) electrons. The maximum absolute atomic E-state index is 13.2. The normalized spacial score (nSPS) is 21.4. The van der Waals surface area contributed by atoms with Gasteiger partial charge in [0.05, 0.1) is 12.1 Å². The minimum atomic E-state index is -0.654. The minimum absolute atomic E-state index is 0.0139. The number of halogens is 1. The summed E-state index contributed by atoms with van der Waals surface area (Å²) in [6.07, 6.45) is 7.64. The van der Waals surface area contributed by atoms with Crippen molar-refractivity contribution in [3.63, 3.8) is 0 Å². The third-order valence-corrected chi connectivity index (χ3v) is 6.23. The monoisotopic (exact) mass is 482 g/mol. The number of imide groups is 1. The first kappa shape index (κ1) is 20.3. The Hall–Kier alpha value is -1.44. The van der Waals surface area contributed by atoms with E-state index in [4.69, 9.17) is 0 Å². The van der Waals surface area contributed by atoms with Gasteiger partial charge >= 0.3 is 0 Å². The summed E-state index contributed by atoms with van der Waals surface area (Å²) in [4.78, 5) is 41.8. The number of carbonyl (C=O) groups excluding carboxylic acids is 3. The van der Waals surface area contributed by atoms with Gasteiger partial charge in [0, 0.05) is 16.0 Å². The van der Waals surface area contributed by atoms with Crippen molar-refractivity contribution in [2.24, 2.45) is 0 Å². The van der Waals surface area contributed by atoms with Crippen LogP contribution in [0.1, 0.15) is 64.7 Å². The largest absolute Gasteiger partial charge is 0.327 e. The summed E-state index contributed by atoms with van der Waals surface area (Å²) in [6, 6.07) is 6.78. The molecule has 146 valence electrons. The Kier molecular flexibility index (Phi) is 6.89. The van der Waals surface area contributed by atoms with Crippen molar-refractivity contribution in [3.8, 4) is 0 Å². The summed E-state index contributed by atoms with van der Waals surface area (Å²) < 4.78 is 1.05. The van der Waals surface area contributed by atoms with E-state index in [1.807, 2.05) is 19.1 Å². The van der Waals surface area contributed by atoms with Crippen molar-refractivity contribution >= 4 is 46.0 Å². The average molecular weight is 482 g/mol. The molecule has 0 spiro atoms. The zero-order valence-corrected chi connectivity index (χ0v) is 18.0. The van der Waals surface area contributed by atoms with Gasteiger partial charge in [0.15, 0.2) is 0 Å². The fourth-order valence-corrected chi connectivity index (χ4v) is 4.57. The summed E-state index contributed by atoms with van der Waals surface area (Å²) in [7, 11) is 0. The second kappa shape index (κ2) is 9.17. The van der Waals surface area contributed by atoms with Crippen LogP contribution in [0.25, 0.3) is 0 Å². The second-order valence-corrected chi connectivity index (χ2v) is 8.71. The number of carbonyl (C=O) groups is 3. The van der Waals surface area contributed by atoms with Crippen molar-refractivity contribution in [2.75, 3.05) is 4.90 Å². The van der Waals surface area contributed by atoms with Gasteiger partial charge in [0.2, 0.25) is 11.8 Å². The van der Waals surface area contributed by atoms with Gasteiger partial charge in [-0.15, -0.1) is 0 Å². The number of anilines is 1. The number of rotatable bonds is 5. The van der Waals surface area contributed by atoms with Crippen LogP contribution in [0.15, 0.2) is 24.3 Å². The Bertz CT molecular complexity index is 696. The van der Waals surface area contributed by atoms with Gasteiger partial charge in [0.25, 0.3) is 5.91 Å². The molecule has 1 aliphatic carbocycles. The molecule has 1 aliphatic heterocycles. The van der Waals surface area contributed by atoms with Crippen LogP contribution in [0.5, 0.6) is 0 Å². The first-order valence-corrected chi connectivity index (χ1v) is 11.0. The lowest BCUT2D eigenvalue weighted by Gasteiger charge is -2.35. The van der Waals surface area contributed by atoms with Crippen LogP contribution >= 0.6 is 22.6 Å². The lowest BCUT2D eigenvalue weighted by Crippen LogP contribution is -2.50. The van der Waals surface area contributed by atoms with E-state index in [0.29, 0.717) is 12.1 Å². The van der Waals surface area contributed by atoms with Gasteiger partial charge in [-0.05, 0) is 66.1 Å². The molecule has 0 aromatic heterocycles. The van der Waals surface area contributed by atoms with Crippen LogP contribution < -0.4 is 4.90 Å². The molecule has 3 rings (SSSR count). The van der Waals surface area contributed by atoms with Crippen LogP contribution in [-0.4, -0.2) is 34.7 Å². The molecular weight excluding hydrogens is 455 g/mol. The predicted molar refractivity (Wildman–Crippen MR) is 113 cm³/mol. The Morgan fingerprint density at radius 1 is 1.11 bits per heavy atom. The van der Waals surface area contributed by atoms with Crippen molar-refractivity contribution in [3.05, 3.63) is 27.8 Å². The summed E-state index contributed by atoms with van der Waals surface area (Å²) in [5.74, 6) is -0.455. The number of benzene rings is 1. The van der Waals surface area contributed by atoms with E-state index in [9.17, 15) is 14.4 Å². The molecule has 0 N–H and O–H groups in total. The SMILES string of the molecule is CCCC(=O)N(C1CCCCCC1)C1CC(=O)N(c2ccc(I)cc2)C1=O. The molecular formula is C21H27IN2O3.